The molecule has 1 amide bonds. The van der Waals surface area contributed by atoms with E-state index in [2.05, 4.69) is 10.3 Å². The van der Waals surface area contributed by atoms with E-state index < -0.39 is 0 Å². The van der Waals surface area contributed by atoms with Gasteiger partial charge in [0.2, 0.25) is 0 Å². The van der Waals surface area contributed by atoms with Crippen LogP contribution in [0.3, 0.4) is 0 Å². The van der Waals surface area contributed by atoms with Gasteiger partial charge in [0.25, 0.3) is 5.91 Å². The number of nitrogens with zero attached hydrogens (tertiary/aromatic N) is 2. The number of piperidine rings is 1. The number of aryl methyl sites for hydroxylation is 1. The Morgan fingerprint density at radius 2 is 1.89 bits per heavy atom. The third-order valence-electron chi connectivity index (χ3n) is 5.75. The highest BCUT2D eigenvalue weighted by Gasteiger charge is 2.38. The minimum Gasteiger partial charge on any atom is -0.338 e. The lowest BCUT2D eigenvalue weighted by atomic mass is 9.78. The van der Waals surface area contributed by atoms with E-state index in [4.69, 9.17) is 0 Å². The molecule has 4 rings (SSSR count). The summed E-state index contributed by atoms with van der Waals surface area (Å²) in [5.41, 5.74) is 2.22. The molecule has 2 saturated heterocycles. The van der Waals surface area contributed by atoms with Crippen LogP contribution in [0.15, 0.2) is 24.3 Å². The molecular formula is C20H26Cl2FN3OS. The van der Waals surface area contributed by atoms with Crippen LogP contribution in [0.5, 0.6) is 0 Å². The van der Waals surface area contributed by atoms with E-state index in [0.29, 0.717) is 11.8 Å². The highest BCUT2D eigenvalue weighted by molar-refractivity contribution is 7.13. The standard InChI is InChI=1S/C20H24FN3OS.2ClH/c1-14-18(26-17(23-14)12-15-2-4-16(21)5-3-15)19(25)24-10-7-20(8-11-24)6-9-22-13-20;;/h2-5,22H,6-13H2,1H3;2*1H. The maximum Gasteiger partial charge on any atom is 0.265 e. The van der Waals surface area contributed by atoms with Gasteiger partial charge in [-0.05, 0) is 55.8 Å². The normalized spacial score (nSPS) is 17.9. The molecule has 2 aliphatic rings. The van der Waals surface area contributed by atoms with Gasteiger partial charge in [0.05, 0.1) is 10.7 Å². The second-order valence-electron chi connectivity index (χ2n) is 7.54. The average Bonchev–Trinajstić information content (AvgIpc) is 3.24. The van der Waals surface area contributed by atoms with Crippen molar-refractivity contribution in [2.75, 3.05) is 26.2 Å². The molecule has 0 radical (unpaired) electrons. The number of thiazole rings is 1. The second kappa shape index (κ2) is 9.53. The summed E-state index contributed by atoms with van der Waals surface area (Å²) < 4.78 is 13.0. The molecule has 2 fully saturated rings. The van der Waals surface area contributed by atoms with Crippen LogP contribution >= 0.6 is 36.2 Å². The van der Waals surface area contributed by atoms with Crippen molar-refractivity contribution < 1.29 is 9.18 Å². The van der Waals surface area contributed by atoms with E-state index in [-0.39, 0.29) is 36.5 Å². The van der Waals surface area contributed by atoms with Crippen molar-refractivity contribution in [1.29, 1.82) is 0 Å². The second-order valence-corrected chi connectivity index (χ2v) is 8.63. The van der Waals surface area contributed by atoms with Gasteiger partial charge < -0.3 is 10.2 Å². The number of carbonyl (C=O) groups excluding carboxylic acids is 1. The Morgan fingerprint density at radius 1 is 1.21 bits per heavy atom. The van der Waals surface area contributed by atoms with Crippen LogP contribution < -0.4 is 5.32 Å². The van der Waals surface area contributed by atoms with Gasteiger partial charge in [-0.15, -0.1) is 36.2 Å². The lowest BCUT2D eigenvalue weighted by Gasteiger charge is -2.38. The van der Waals surface area contributed by atoms with Gasteiger partial charge in [-0.25, -0.2) is 9.37 Å². The van der Waals surface area contributed by atoms with Crippen molar-refractivity contribution in [1.82, 2.24) is 15.2 Å². The molecule has 0 unspecified atom stereocenters. The Kier molecular flexibility index (Phi) is 7.85. The molecule has 8 heteroatoms. The first-order valence-corrected chi connectivity index (χ1v) is 10.1. The van der Waals surface area contributed by atoms with Crippen LogP contribution in [-0.2, 0) is 6.42 Å². The molecule has 0 saturated carbocycles. The van der Waals surface area contributed by atoms with E-state index in [0.717, 1.165) is 60.2 Å². The summed E-state index contributed by atoms with van der Waals surface area (Å²) in [4.78, 5) is 20.3. The van der Waals surface area contributed by atoms with Crippen LogP contribution in [0.4, 0.5) is 4.39 Å². The quantitative estimate of drug-likeness (QED) is 0.767. The summed E-state index contributed by atoms with van der Waals surface area (Å²) in [7, 11) is 0. The zero-order valence-corrected chi connectivity index (χ0v) is 18.3. The third kappa shape index (κ3) is 4.85. The first kappa shape index (κ1) is 23.1. The molecule has 0 bridgehead atoms. The summed E-state index contributed by atoms with van der Waals surface area (Å²) in [5, 5.41) is 4.37. The number of nitrogens with one attached hydrogen (secondary N) is 1. The highest BCUT2D eigenvalue weighted by atomic mass is 35.5. The van der Waals surface area contributed by atoms with Crippen molar-refractivity contribution in [3.63, 3.8) is 0 Å². The Balaban J connectivity index is 0.00000140. The minimum absolute atomic E-state index is 0. The number of carbonyl (C=O) groups is 1. The van der Waals surface area contributed by atoms with Crippen LogP contribution in [-0.4, -0.2) is 42.0 Å². The number of benzene rings is 1. The first-order chi connectivity index (χ1) is 12.5. The zero-order chi connectivity index (χ0) is 18.1. The Hall–Kier alpha value is -1.21. The molecule has 2 aliphatic heterocycles. The predicted molar refractivity (Wildman–Crippen MR) is 116 cm³/mol. The van der Waals surface area contributed by atoms with Crippen LogP contribution in [0.1, 0.15) is 45.2 Å². The molecule has 0 aliphatic carbocycles. The van der Waals surface area contributed by atoms with Gasteiger partial charge in [-0.1, -0.05) is 12.1 Å². The molecule has 1 spiro atoms. The molecule has 2 aromatic rings. The number of hydrogen-bond acceptors (Lipinski definition) is 4. The van der Waals surface area contributed by atoms with Crippen molar-refractivity contribution in [3.05, 3.63) is 51.2 Å². The Morgan fingerprint density at radius 3 is 2.50 bits per heavy atom. The fourth-order valence-electron chi connectivity index (χ4n) is 4.05. The smallest absolute Gasteiger partial charge is 0.265 e. The van der Waals surface area contributed by atoms with Gasteiger partial charge in [-0.2, -0.15) is 0 Å². The topological polar surface area (TPSA) is 45.2 Å². The molecule has 1 N–H and O–H groups in total. The van der Waals surface area contributed by atoms with E-state index in [1.807, 2.05) is 11.8 Å². The lowest BCUT2D eigenvalue weighted by molar-refractivity contribution is 0.0611. The fraction of sp³-hybridized carbons (Fsp3) is 0.500. The minimum atomic E-state index is -0.236. The van der Waals surface area contributed by atoms with Gasteiger partial charge in [0.1, 0.15) is 10.7 Å². The summed E-state index contributed by atoms with van der Waals surface area (Å²) in [5.74, 6) is -0.119. The monoisotopic (exact) mass is 445 g/mol. The van der Waals surface area contributed by atoms with E-state index in [1.54, 1.807) is 12.1 Å². The molecule has 1 aromatic carbocycles. The SMILES string of the molecule is Cc1nc(Cc2ccc(F)cc2)sc1C(=O)N1CCC2(CCNC2)CC1.Cl.Cl. The zero-order valence-electron chi connectivity index (χ0n) is 15.9. The Labute approximate surface area is 181 Å². The van der Waals surface area contributed by atoms with E-state index in [1.165, 1.54) is 29.9 Å². The number of hydrogen-bond donors (Lipinski definition) is 1. The summed E-state index contributed by atoms with van der Waals surface area (Å²) in [6, 6.07) is 6.47. The van der Waals surface area contributed by atoms with Gasteiger partial charge >= 0.3 is 0 Å². The van der Waals surface area contributed by atoms with Gasteiger partial charge in [0.15, 0.2) is 0 Å². The van der Waals surface area contributed by atoms with Crippen molar-refractivity contribution in [3.8, 4) is 0 Å². The molecule has 154 valence electrons. The maximum absolute atomic E-state index is 13.0. The van der Waals surface area contributed by atoms with E-state index >= 15 is 0 Å². The van der Waals surface area contributed by atoms with Crippen LogP contribution in [0.2, 0.25) is 0 Å². The van der Waals surface area contributed by atoms with E-state index in [9.17, 15) is 9.18 Å². The number of rotatable bonds is 3. The van der Waals surface area contributed by atoms with Crippen molar-refractivity contribution in [2.24, 2.45) is 5.41 Å². The third-order valence-corrected chi connectivity index (χ3v) is 6.89. The Bertz CT molecular complexity index is 796. The summed E-state index contributed by atoms with van der Waals surface area (Å²) >= 11 is 1.48. The maximum atomic E-state index is 13.0. The predicted octanol–water partition coefficient (Wildman–Crippen LogP) is 4.24. The fourth-order valence-corrected chi connectivity index (χ4v) is 5.12. The lowest BCUT2D eigenvalue weighted by Crippen LogP contribution is -2.44. The largest absolute Gasteiger partial charge is 0.338 e. The first-order valence-electron chi connectivity index (χ1n) is 9.25. The van der Waals surface area contributed by atoms with Crippen molar-refractivity contribution in [2.45, 2.75) is 32.6 Å². The number of halogens is 3. The number of amides is 1. The molecule has 1 aromatic heterocycles. The molecule has 0 atom stereocenters. The molecule has 28 heavy (non-hydrogen) atoms. The molecular weight excluding hydrogens is 420 g/mol. The van der Waals surface area contributed by atoms with Crippen LogP contribution in [0, 0.1) is 18.2 Å². The molecule has 4 nitrogen and oxygen atoms in total. The highest BCUT2D eigenvalue weighted by Crippen LogP contribution is 2.37. The van der Waals surface area contributed by atoms with Crippen molar-refractivity contribution >= 4 is 42.1 Å². The van der Waals surface area contributed by atoms with Crippen LogP contribution in [0.25, 0.3) is 0 Å². The average molecular weight is 446 g/mol. The van der Waals surface area contributed by atoms with Gasteiger partial charge in [0, 0.05) is 26.1 Å². The number of likely N-dealkylation sites (tertiary alicyclic amines) is 1. The summed E-state index contributed by atoms with van der Waals surface area (Å²) in [6.45, 7) is 5.78. The van der Waals surface area contributed by atoms with Gasteiger partial charge in [-0.3, -0.25) is 4.79 Å². The summed E-state index contributed by atoms with van der Waals surface area (Å²) in [6.07, 6.45) is 4.04. The molecule has 3 heterocycles. The number of aromatic nitrogens is 1.